The Labute approximate surface area is 144 Å². The number of guanidine groups is 1. The van der Waals surface area contributed by atoms with Gasteiger partial charge in [-0.25, -0.2) is 14.7 Å². The van der Waals surface area contributed by atoms with Gasteiger partial charge < -0.3 is 14.7 Å². The molecule has 1 saturated heterocycles. The van der Waals surface area contributed by atoms with Gasteiger partial charge in [-0.3, -0.25) is 0 Å². The molecule has 1 aliphatic heterocycles. The molecule has 1 N–H and O–H groups in total. The fourth-order valence-corrected chi connectivity index (χ4v) is 4.18. The van der Waals surface area contributed by atoms with Crippen LogP contribution in [-0.4, -0.2) is 65.3 Å². The number of morpholine rings is 1. The van der Waals surface area contributed by atoms with Crippen molar-refractivity contribution in [1.29, 1.82) is 0 Å². The van der Waals surface area contributed by atoms with Gasteiger partial charge in [0.1, 0.15) is 0 Å². The van der Waals surface area contributed by atoms with Gasteiger partial charge in [0.2, 0.25) is 5.96 Å². The first-order valence-electron chi connectivity index (χ1n) is 9.68. The van der Waals surface area contributed by atoms with Crippen LogP contribution in [0.5, 0.6) is 0 Å². The highest BCUT2D eigenvalue weighted by molar-refractivity contribution is 5.94. The number of carbonyl (C=O) groups is 1. The summed E-state index contributed by atoms with van der Waals surface area (Å²) >= 11 is 0. The smallest absolute Gasteiger partial charge is 0.414 e. The molecule has 3 fully saturated rings. The van der Waals surface area contributed by atoms with Gasteiger partial charge in [0, 0.05) is 19.1 Å². The molecule has 6 heteroatoms. The number of hydrogen-bond acceptors (Lipinski definition) is 3. The van der Waals surface area contributed by atoms with Gasteiger partial charge in [0.25, 0.3) is 0 Å². The summed E-state index contributed by atoms with van der Waals surface area (Å²) in [7, 11) is 0. The van der Waals surface area contributed by atoms with Crippen LogP contribution in [0, 0.1) is 0 Å². The molecule has 0 spiro atoms. The molecule has 0 radical (unpaired) electrons. The number of rotatable bonds is 2. The lowest BCUT2D eigenvalue weighted by molar-refractivity contribution is 0.0581. The van der Waals surface area contributed by atoms with Gasteiger partial charge in [-0.15, -0.1) is 0 Å². The predicted octanol–water partition coefficient (Wildman–Crippen LogP) is 3.32. The minimum atomic E-state index is -0.844. The van der Waals surface area contributed by atoms with Crippen LogP contribution in [0.4, 0.5) is 4.79 Å². The average molecular weight is 337 g/mol. The van der Waals surface area contributed by atoms with E-state index < -0.39 is 6.09 Å². The van der Waals surface area contributed by atoms with Crippen molar-refractivity contribution < 1.29 is 14.6 Å². The largest absolute Gasteiger partial charge is 0.465 e. The molecular formula is C18H31N3O3. The first-order chi connectivity index (χ1) is 11.8. The molecule has 0 aromatic rings. The SMILES string of the molecule is O=C(O)N(C(=NC1CCCCC1)N1CCOCC1)C1CCCCC1. The summed E-state index contributed by atoms with van der Waals surface area (Å²) in [5.41, 5.74) is 0. The molecular weight excluding hydrogens is 306 g/mol. The molecule has 3 rings (SSSR count). The zero-order valence-electron chi connectivity index (χ0n) is 14.7. The highest BCUT2D eigenvalue weighted by Crippen LogP contribution is 2.26. The van der Waals surface area contributed by atoms with Gasteiger partial charge >= 0.3 is 6.09 Å². The molecule has 0 aromatic carbocycles. The van der Waals surface area contributed by atoms with Crippen molar-refractivity contribution in [1.82, 2.24) is 9.80 Å². The molecule has 6 nitrogen and oxygen atoms in total. The second-order valence-corrected chi connectivity index (χ2v) is 7.26. The first kappa shape index (κ1) is 17.5. The summed E-state index contributed by atoms with van der Waals surface area (Å²) in [5, 5.41) is 9.94. The van der Waals surface area contributed by atoms with Gasteiger partial charge in [0.15, 0.2) is 0 Å². The molecule has 1 amide bonds. The van der Waals surface area contributed by atoms with Crippen LogP contribution in [0.3, 0.4) is 0 Å². The Morgan fingerprint density at radius 2 is 1.54 bits per heavy atom. The first-order valence-corrected chi connectivity index (χ1v) is 9.68. The Balaban J connectivity index is 1.84. The van der Waals surface area contributed by atoms with Gasteiger partial charge in [-0.05, 0) is 25.7 Å². The van der Waals surface area contributed by atoms with Crippen LogP contribution in [0.25, 0.3) is 0 Å². The monoisotopic (exact) mass is 337 g/mol. The summed E-state index contributed by atoms with van der Waals surface area (Å²) in [4.78, 5) is 20.8. The fourth-order valence-electron chi connectivity index (χ4n) is 4.18. The lowest BCUT2D eigenvalue weighted by Crippen LogP contribution is -2.55. The van der Waals surface area contributed by atoms with Crippen molar-refractivity contribution in [3.05, 3.63) is 0 Å². The van der Waals surface area contributed by atoms with Crippen LogP contribution < -0.4 is 0 Å². The molecule has 2 saturated carbocycles. The summed E-state index contributed by atoms with van der Waals surface area (Å²) in [5.74, 6) is 0.699. The van der Waals surface area contributed by atoms with Crippen molar-refractivity contribution in [2.45, 2.75) is 76.3 Å². The van der Waals surface area contributed by atoms with Gasteiger partial charge in [0.05, 0.1) is 19.3 Å². The third-order valence-electron chi connectivity index (χ3n) is 5.53. The molecule has 3 aliphatic rings. The van der Waals surface area contributed by atoms with E-state index in [4.69, 9.17) is 9.73 Å². The highest BCUT2D eigenvalue weighted by atomic mass is 16.5. The lowest BCUT2D eigenvalue weighted by Gasteiger charge is -2.39. The van der Waals surface area contributed by atoms with E-state index in [9.17, 15) is 9.90 Å². The van der Waals surface area contributed by atoms with E-state index in [2.05, 4.69) is 4.90 Å². The second kappa shape index (κ2) is 8.70. The number of aliphatic imine (C=N–C) groups is 1. The molecule has 0 aromatic heterocycles. The third-order valence-corrected chi connectivity index (χ3v) is 5.53. The van der Waals surface area contributed by atoms with E-state index in [1.807, 2.05) is 0 Å². The zero-order chi connectivity index (χ0) is 16.8. The quantitative estimate of drug-likeness (QED) is 0.620. The summed E-state index contributed by atoms with van der Waals surface area (Å²) in [6, 6.07) is 0.364. The summed E-state index contributed by atoms with van der Waals surface area (Å²) in [6.45, 7) is 2.79. The highest BCUT2D eigenvalue weighted by Gasteiger charge is 2.33. The maximum atomic E-state index is 12.1. The number of carboxylic acid groups (broad SMARTS) is 1. The molecule has 2 aliphatic carbocycles. The molecule has 136 valence electrons. The van der Waals surface area contributed by atoms with Crippen molar-refractivity contribution in [3.8, 4) is 0 Å². The van der Waals surface area contributed by atoms with Crippen LogP contribution in [0.1, 0.15) is 64.2 Å². The molecule has 1 heterocycles. The number of nitrogens with zero attached hydrogens (tertiary/aromatic N) is 3. The van der Waals surface area contributed by atoms with E-state index in [0.717, 1.165) is 51.6 Å². The Morgan fingerprint density at radius 3 is 2.12 bits per heavy atom. The van der Waals surface area contributed by atoms with Crippen molar-refractivity contribution >= 4 is 12.1 Å². The third kappa shape index (κ3) is 4.41. The molecule has 0 bridgehead atoms. The normalized spacial score (nSPS) is 24.8. The van der Waals surface area contributed by atoms with Crippen LogP contribution in [0.2, 0.25) is 0 Å². The van der Waals surface area contributed by atoms with Gasteiger partial charge in [-0.2, -0.15) is 0 Å². The fraction of sp³-hybridized carbons (Fsp3) is 0.889. The maximum Gasteiger partial charge on any atom is 0.414 e. The predicted molar refractivity (Wildman–Crippen MR) is 93.4 cm³/mol. The van der Waals surface area contributed by atoms with E-state index in [0.29, 0.717) is 19.2 Å². The van der Waals surface area contributed by atoms with E-state index in [1.54, 1.807) is 4.90 Å². The second-order valence-electron chi connectivity index (χ2n) is 7.26. The Kier molecular flexibility index (Phi) is 6.35. The minimum Gasteiger partial charge on any atom is -0.465 e. The van der Waals surface area contributed by atoms with Crippen molar-refractivity contribution in [2.24, 2.45) is 4.99 Å². The number of ether oxygens (including phenoxy) is 1. The zero-order valence-corrected chi connectivity index (χ0v) is 14.7. The molecule has 24 heavy (non-hydrogen) atoms. The Hall–Kier alpha value is -1.30. The van der Waals surface area contributed by atoms with E-state index >= 15 is 0 Å². The summed E-state index contributed by atoms with van der Waals surface area (Å²) < 4.78 is 5.46. The average Bonchev–Trinajstić information content (AvgIpc) is 2.63. The van der Waals surface area contributed by atoms with Gasteiger partial charge in [-0.1, -0.05) is 38.5 Å². The topological polar surface area (TPSA) is 65.4 Å². The van der Waals surface area contributed by atoms with E-state index in [1.165, 1.54) is 25.7 Å². The standard InChI is InChI=1S/C18H31N3O3/c22-18(23)21(16-9-5-2-6-10-16)17(20-11-13-24-14-12-20)19-15-7-3-1-4-8-15/h15-16H,1-14H2,(H,22,23). The Morgan fingerprint density at radius 1 is 0.958 bits per heavy atom. The lowest BCUT2D eigenvalue weighted by atomic mass is 9.94. The van der Waals surface area contributed by atoms with E-state index in [-0.39, 0.29) is 12.1 Å². The number of hydrogen-bond donors (Lipinski definition) is 1. The van der Waals surface area contributed by atoms with Crippen molar-refractivity contribution in [2.75, 3.05) is 26.3 Å². The van der Waals surface area contributed by atoms with Crippen LogP contribution in [-0.2, 0) is 4.74 Å². The van der Waals surface area contributed by atoms with Crippen LogP contribution >= 0.6 is 0 Å². The van der Waals surface area contributed by atoms with Crippen molar-refractivity contribution in [3.63, 3.8) is 0 Å². The molecule has 0 atom stereocenters. The minimum absolute atomic E-state index is 0.0847. The molecule has 0 unspecified atom stereocenters. The van der Waals surface area contributed by atoms with Crippen LogP contribution in [0.15, 0.2) is 4.99 Å². The number of amides is 1. The maximum absolute atomic E-state index is 12.1. The Bertz CT molecular complexity index is 437. The summed E-state index contributed by atoms with van der Waals surface area (Å²) in [6.07, 6.45) is 10.4.